The number of rotatable bonds is 2. The molecule has 0 bridgehead atoms. The van der Waals surface area contributed by atoms with E-state index in [0.717, 1.165) is 5.56 Å². The van der Waals surface area contributed by atoms with Crippen LogP contribution in [0.4, 0.5) is 0 Å². The summed E-state index contributed by atoms with van der Waals surface area (Å²) in [6.45, 7) is 0. The molecule has 1 aromatic rings. The number of hydrogen-bond donors (Lipinski definition) is 2. The van der Waals surface area contributed by atoms with Gasteiger partial charge in [-0.05, 0) is 11.6 Å². The van der Waals surface area contributed by atoms with E-state index in [2.05, 4.69) is 4.99 Å². The fourth-order valence-electron chi connectivity index (χ4n) is 0.751. The molecule has 0 aliphatic rings. The molecule has 1 heterocycles. The molecule has 0 saturated carbocycles. The van der Waals surface area contributed by atoms with E-state index in [9.17, 15) is 4.79 Å². The molecule has 1 rings (SSSR count). The van der Waals surface area contributed by atoms with Crippen molar-refractivity contribution in [2.24, 2.45) is 16.5 Å². The number of nitrogens with zero attached hydrogens (tertiary/aromatic N) is 1. The summed E-state index contributed by atoms with van der Waals surface area (Å²) in [4.78, 5) is 14.3. The van der Waals surface area contributed by atoms with Gasteiger partial charge < -0.3 is 15.9 Å². The van der Waals surface area contributed by atoms with Crippen molar-refractivity contribution in [3.8, 4) is 0 Å². The lowest BCUT2D eigenvalue weighted by molar-refractivity contribution is -0.117. The van der Waals surface area contributed by atoms with Gasteiger partial charge in [0.1, 0.15) is 0 Å². The number of guanidine groups is 1. The average molecular weight is 167 g/mol. The summed E-state index contributed by atoms with van der Waals surface area (Å²) in [5.41, 5.74) is 10.8. The molecule has 1 amide bonds. The topological polar surface area (TPSA) is 94.6 Å². The van der Waals surface area contributed by atoms with Crippen molar-refractivity contribution >= 4 is 11.9 Å². The molecular formula is C7H9N3O2. The molecule has 0 aromatic carbocycles. The Morgan fingerprint density at radius 3 is 2.83 bits per heavy atom. The summed E-state index contributed by atoms with van der Waals surface area (Å²) >= 11 is 0. The van der Waals surface area contributed by atoms with Crippen molar-refractivity contribution in [1.29, 1.82) is 0 Å². The monoisotopic (exact) mass is 167 g/mol. The van der Waals surface area contributed by atoms with E-state index >= 15 is 0 Å². The Kier molecular flexibility index (Phi) is 2.47. The number of carbonyl (C=O) groups excluding carboxylic acids is 1. The van der Waals surface area contributed by atoms with Gasteiger partial charge in [0.15, 0.2) is 5.96 Å². The van der Waals surface area contributed by atoms with Crippen LogP contribution < -0.4 is 11.5 Å². The highest BCUT2D eigenvalue weighted by Crippen LogP contribution is 2.01. The predicted octanol–water partition coefficient (Wildman–Crippen LogP) is -0.378. The smallest absolute Gasteiger partial charge is 0.253 e. The second-order valence-corrected chi connectivity index (χ2v) is 2.24. The van der Waals surface area contributed by atoms with Crippen LogP contribution in [-0.2, 0) is 11.2 Å². The molecule has 5 nitrogen and oxygen atoms in total. The molecule has 0 aliphatic heterocycles. The lowest BCUT2D eigenvalue weighted by atomic mass is 10.2. The maximum Gasteiger partial charge on any atom is 0.253 e. The van der Waals surface area contributed by atoms with Crippen LogP contribution in [0.15, 0.2) is 28.0 Å². The van der Waals surface area contributed by atoms with Gasteiger partial charge in [-0.1, -0.05) is 0 Å². The summed E-state index contributed by atoms with van der Waals surface area (Å²) in [6, 6.07) is 1.68. The fraction of sp³-hybridized carbons (Fsp3) is 0.143. The van der Waals surface area contributed by atoms with E-state index in [0.29, 0.717) is 0 Å². The fourth-order valence-corrected chi connectivity index (χ4v) is 0.751. The van der Waals surface area contributed by atoms with Crippen LogP contribution in [0.5, 0.6) is 0 Å². The minimum absolute atomic E-state index is 0.161. The molecule has 64 valence electrons. The van der Waals surface area contributed by atoms with Crippen molar-refractivity contribution < 1.29 is 9.21 Å². The second kappa shape index (κ2) is 3.56. The van der Waals surface area contributed by atoms with E-state index in [4.69, 9.17) is 15.9 Å². The summed E-state index contributed by atoms with van der Waals surface area (Å²) in [5, 5.41) is 0. The zero-order valence-electron chi connectivity index (χ0n) is 6.36. The Labute approximate surface area is 69.1 Å². The Morgan fingerprint density at radius 1 is 1.58 bits per heavy atom. The van der Waals surface area contributed by atoms with E-state index < -0.39 is 0 Å². The molecule has 0 atom stereocenters. The van der Waals surface area contributed by atoms with E-state index in [1.54, 1.807) is 6.07 Å². The van der Waals surface area contributed by atoms with Gasteiger partial charge in [-0.25, -0.2) is 0 Å². The van der Waals surface area contributed by atoms with Crippen molar-refractivity contribution in [3.63, 3.8) is 0 Å². The summed E-state index contributed by atoms with van der Waals surface area (Å²) in [7, 11) is 0. The first kappa shape index (κ1) is 8.32. The van der Waals surface area contributed by atoms with Crippen molar-refractivity contribution in [2.75, 3.05) is 0 Å². The first-order valence-corrected chi connectivity index (χ1v) is 3.32. The van der Waals surface area contributed by atoms with Gasteiger partial charge in [0.2, 0.25) is 0 Å². The molecule has 0 spiro atoms. The SMILES string of the molecule is NC(N)=NC(=O)Cc1ccoc1. The summed E-state index contributed by atoms with van der Waals surface area (Å²) in [6.07, 6.45) is 3.12. The maximum absolute atomic E-state index is 10.9. The highest BCUT2D eigenvalue weighted by Gasteiger charge is 2.02. The number of aliphatic imine (C=N–C) groups is 1. The highest BCUT2D eigenvalue weighted by molar-refractivity contribution is 5.92. The van der Waals surface area contributed by atoms with Gasteiger partial charge in [0, 0.05) is 0 Å². The molecule has 0 saturated heterocycles. The Balaban J connectivity index is 2.54. The Morgan fingerprint density at radius 2 is 2.33 bits per heavy atom. The average Bonchev–Trinajstić information content (AvgIpc) is 2.37. The van der Waals surface area contributed by atoms with Crippen LogP contribution in [0.3, 0.4) is 0 Å². The molecule has 0 fully saturated rings. The molecular weight excluding hydrogens is 158 g/mol. The number of amides is 1. The number of furan rings is 1. The lowest BCUT2D eigenvalue weighted by Gasteiger charge is -1.90. The number of nitrogens with two attached hydrogens (primary N) is 2. The zero-order chi connectivity index (χ0) is 8.97. The van der Waals surface area contributed by atoms with E-state index in [-0.39, 0.29) is 18.3 Å². The van der Waals surface area contributed by atoms with Gasteiger partial charge >= 0.3 is 0 Å². The first-order chi connectivity index (χ1) is 5.68. The maximum atomic E-state index is 10.9. The largest absolute Gasteiger partial charge is 0.472 e. The molecule has 0 radical (unpaired) electrons. The number of hydrogen-bond acceptors (Lipinski definition) is 2. The third-order valence-corrected chi connectivity index (χ3v) is 1.19. The van der Waals surface area contributed by atoms with Gasteiger partial charge in [-0.15, -0.1) is 0 Å². The second-order valence-electron chi connectivity index (χ2n) is 2.24. The molecule has 0 unspecified atom stereocenters. The molecule has 0 aliphatic carbocycles. The van der Waals surface area contributed by atoms with Gasteiger partial charge in [0.05, 0.1) is 18.9 Å². The van der Waals surface area contributed by atoms with Crippen LogP contribution >= 0.6 is 0 Å². The molecule has 5 heteroatoms. The van der Waals surface area contributed by atoms with Crippen LogP contribution in [0.2, 0.25) is 0 Å². The molecule has 1 aromatic heterocycles. The van der Waals surface area contributed by atoms with Crippen molar-refractivity contribution in [2.45, 2.75) is 6.42 Å². The number of carbonyl (C=O) groups is 1. The Hall–Kier alpha value is -1.78. The molecule has 4 N–H and O–H groups in total. The minimum atomic E-state index is -0.378. The van der Waals surface area contributed by atoms with Gasteiger partial charge in [0.25, 0.3) is 5.91 Å². The van der Waals surface area contributed by atoms with Crippen molar-refractivity contribution in [1.82, 2.24) is 0 Å². The van der Waals surface area contributed by atoms with Crippen LogP contribution in [0.25, 0.3) is 0 Å². The minimum Gasteiger partial charge on any atom is -0.472 e. The normalized spacial score (nSPS) is 9.33. The standard InChI is InChI=1S/C7H9N3O2/c8-7(9)10-6(11)3-5-1-2-12-4-5/h1-2,4H,3H2,(H4,8,9,10,11). The quantitative estimate of drug-likeness (QED) is 0.463. The third-order valence-electron chi connectivity index (χ3n) is 1.19. The van der Waals surface area contributed by atoms with Crippen molar-refractivity contribution in [3.05, 3.63) is 24.2 Å². The lowest BCUT2D eigenvalue weighted by Crippen LogP contribution is -2.24. The summed E-state index contributed by atoms with van der Waals surface area (Å²) in [5.74, 6) is -0.597. The highest BCUT2D eigenvalue weighted by atomic mass is 16.3. The third kappa shape index (κ3) is 2.45. The first-order valence-electron chi connectivity index (χ1n) is 3.32. The van der Waals surface area contributed by atoms with Crippen LogP contribution in [-0.4, -0.2) is 11.9 Å². The van der Waals surface area contributed by atoms with E-state index in [1.807, 2.05) is 0 Å². The summed E-state index contributed by atoms with van der Waals surface area (Å²) < 4.78 is 4.76. The Bertz CT molecular complexity index is 286. The van der Waals surface area contributed by atoms with Gasteiger partial charge in [-0.2, -0.15) is 4.99 Å². The van der Waals surface area contributed by atoms with E-state index in [1.165, 1.54) is 12.5 Å². The van der Waals surface area contributed by atoms with Gasteiger partial charge in [-0.3, -0.25) is 4.79 Å². The van der Waals surface area contributed by atoms with Crippen LogP contribution in [0.1, 0.15) is 5.56 Å². The zero-order valence-corrected chi connectivity index (χ0v) is 6.36. The predicted molar refractivity (Wildman–Crippen MR) is 43.2 cm³/mol. The molecule has 12 heavy (non-hydrogen) atoms. The van der Waals surface area contributed by atoms with Crippen LogP contribution in [0, 0.1) is 0 Å².